The Labute approximate surface area is 177 Å². The second-order valence-electron chi connectivity index (χ2n) is 6.85. The van der Waals surface area contributed by atoms with E-state index in [-0.39, 0.29) is 22.9 Å². The van der Waals surface area contributed by atoms with Gasteiger partial charge in [-0.1, -0.05) is 17.7 Å². The van der Waals surface area contributed by atoms with Crippen molar-refractivity contribution >= 4 is 28.9 Å². The number of carbonyl (C=O) groups is 1. The van der Waals surface area contributed by atoms with Crippen LogP contribution in [0.15, 0.2) is 42.2 Å². The lowest BCUT2D eigenvalue weighted by atomic mass is 9.97. The zero-order valence-electron chi connectivity index (χ0n) is 16.5. The monoisotopic (exact) mass is 427 g/mol. The van der Waals surface area contributed by atoms with Crippen LogP contribution < -0.4 is 16.2 Å². The molecule has 162 valence electrons. The van der Waals surface area contributed by atoms with Crippen molar-refractivity contribution in [2.75, 3.05) is 17.3 Å². The second kappa shape index (κ2) is 10.1. The lowest BCUT2D eigenvalue weighted by Gasteiger charge is -2.14. The molecule has 0 saturated heterocycles. The number of nitrogens with zero attached hydrogens (tertiary/aromatic N) is 4. The normalized spacial score (nSPS) is 13.1. The molecule has 12 nitrogen and oxygen atoms in total. The van der Waals surface area contributed by atoms with E-state index in [0.717, 1.165) is 38.1 Å². The van der Waals surface area contributed by atoms with Gasteiger partial charge in [0.05, 0.1) is 9.85 Å². The number of aromatic nitrogens is 2. The number of hydrogen-bond acceptors (Lipinski definition) is 9. The quantitative estimate of drug-likeness (QED) is 0.309. The first-order valence-electron chi connectivity index (χ1n) is 9.67. The van der Waals surface area contributed by atoms with Gasteiger partial charge in [0.25, 0.3) is 11.6 Å². The Morgan fingerprint density at radius 1 is 1.10 bits per heavy atom. The third-order valence-electron chi connectivity index (χ3n) is 4.74. The zero-order valence-corrected chi connectivity index (χ0v) is 16.5. The van der Waals surface area contributed by atoms with E-state index in [2.05, 4.69) is 32.2 Å². The van der Waals surface area contributed by atoms with E-state index >= 15 is 0 Å². The SMILES string of the molecule is O=C(NNc1ncnc(NCCC2=CCCCC2)c1[N+](=O)[O-])c1cccc([N+](=O)[O-])c1. The summed E-state index contributed by atoms with van der Waals surface area (Å²) in [6.45, 7) is 0.475. The molecule has 0 saturated carbocycles. The second-order valence-corrected chi connectivity index (χ2v) is 6.85. The Kier molecular flexibility index (Phi) is 7.04. The molecule has 0 unspecified atom stereocenters. The highest BCUT2D eigenvalue weighted by Gasteiger charge is 2.23. The average Bonchev–Trinajstić information content (AvgIpc) is 2.78. The van der Waals surface area contributed by atoms with E-state index in [1.165, 1.54) is 30.2 Å². The van der Waals surface area contributed by atoms with Crippen LogP contribution in [0.25, 0.3) is 0 Å². The summed E-state index contributed by atoms with van der Waals surface area (Å²) in [6.07, 6.45) is 8.52. The van der Waals surface area contributed by atoms with Crippen LogP contribution in [0.3, 0.4) is 0 Å². The van der Waals surface area contributed by atoms with Gasteiger partial charge in [-0.3, -0.25) is 35.9 Å². The zero-order chi connectivity index (χ0) is 22.2. The van der Waals surface area contributed by atoms with Crippen LogP contribution in [0.1, 0.15) is 42.5 Å². The Hall–Kier alpha value is -4.09. The van der Waals surface area contributed by atoms with Crippen molar-refractivity contribution in [3.05, 3.63) is 68.0 Å². The van der Waals surface area contributed by atoms with Crippen molar-refractivity contribution < 1.29 is 14.6 Å². The molecule has 0 spiro atoms. The Bertz CT molecular complexity index is 1020. The highest BCUT2D eigenvalue weighted by molar-refractivity contribution is 5.95. The van der Waals surface area contributed by atoms with E-state index in [0.29, 0.717) is 6.54 Å². The van der Waals surface area contributed by atoms with E-state index in [9.17, 15) is 25.0 Å². The number of allylic oxidation sites excluding steroid dienone is 1. The third kappa shape index (κ3) is 5.72. The van der Waals surface area contributed by atoms with Crippen LogP contribution in [-0.2, 0) is 0 Å². The number of nitrogens with one attached hydrogen (secondary N) is 3. The van der Waals surface area contributed by atoms with Gasteiger partial charge in [-0.25, -0.2) is 9.97 Å². The summed E-state index contributed by atoms with van der Waals surface area (Å²) in [5, 5.41) is 25.4. The maximum absolute atomic E-state index is 12.3. The van der Waals surface area contributed by atoms with Crippen molar-refractivity contribution in [2.45, 2.75) is 32.1 Å². The minimum atomic E-state index is -0.713. The minimum Gasteiger partial charge on any atom is -0.364 e. The molecule has 1 aliphatic carbocycles. The Morgan fingerprint density at radius 3 is 2.61 bits per heavy atom. The van der Waals surface area contributed by atoms with Gasteiger partial charge in [-0.2, -0.15) is 0 Å². The molecule has 31 heavy (non-hydrogen) atoms. The van der Waals surface area contributed by atoms with Gasteiger partial charge in [0.15, 0.2) is 0 Å². The number of anilines is 2. The first kappa shape index (κ1) is 21.6. The van der Waals surface area contributed by atoms with Gasteiger partial charge < -0.3 is 5.32 Å². The molecule has 3 rings (SSSR count). The van der Waals surface area contributed by atoms with Crippen LogP contribution in [0.2, 0.25) is 0 Å². The van der Waals surface area contributed by atoms with Gasteiger partial charge >= 0.3 is 5.69 Å². The maximum atomic E-state index is 12.3. The standard InChI is InChI=1S/C19H21N7O5/c27-19(14-7-4-8-15(11-14)25(28)29)24-23-18-16(26(30)31)17(21-12-22-18)20-10-9-13-5-2-1-3-6-13/h4-5,7-8,11-12H,1-3,6,9-10H2,(H,24,27)(H2,20,21,22,23). The minimum absolute atomic E-state index is 0.0116. The molecule has 1 aromatic heterocycles. The first-order chi connectivity index (χ1) is 15.0. The maximum Gasteiger partial charge on any atom is 0.354 e. The van der Waals surface area contributed by atoms with Crippen molar-refractivity contribution in [1.29, 1.82) is 0 Å². The number of non-ortho nitro benzene ring substituents is 1. The van der Waals surface area contributed by atoms with Gasteiger partial charge in [0.1, 0.15) is 6.33 Å². The fourth-order valence-electron chi connectivity index (χ4n) is 3.19. The number of nitro groups is 2. The van der Waals surface area contributed by atoms with Gasteiger partial charge in [-0.05, 0) is 38.2 Å². The van der Waals surface area contributed by atoms with Crippen LogP contribution in [-0.4, -0.2) is 32.3 Å². The van der Waals surface area contributed by atoms with Gasteiger partial charge in [-0.15, -0.1) is 0 Å². The number of amides is 1. The van der Waals surface area contributed by atoms with Crippen LogP contribution in [0.5, 0.6) is 0 Å². The summed E-state index contributed by atoms with van der Waals surface area (Å²) in [4.78, 5) is 41.2. The third-order valence-corrected chi connectivity index (χ3v) is 4.74. The summed E-state index contributed by atoms with van der Waals surface area (Å²) in [5.74, 6) is -0.892. The lowest BCUT2D eigenvalue weighted by Crippen LogP contribution is -2.30. The van der Waals surface area contributed by atoms with Crippen LogP contribution in [0, 0.1) is 20.2 Å². The molecule has 12 heteroatoms. The smallest absolute Gasteiger partial charge is 0.354 e. The van der Waals surface area contributed by atoms with Crippen molar-refractivity contribution in [1.82, 2.24) is 15.4 Å². The average molecular weight is 427 g/mol. The first-order valence-corrected chi connectivity index (χ1v) is 9.67. The van der Waals surface area contributed by atoms with Crippen molar-refractivity contribution in [3.8, 4) is 0 Å². The molecule has 1 heterocycles. The van der Waals surface area contributed by atoms with Crippen LogP contribution >= 0.6 is 0 Å². The van der Waals surface area contributed by atoms with E-state index in [1.54, 1.807) is 0 Å². The van der Waals surface area contributed by atoms with Crippen molar-refractivity contribution in [3.63, 3.8) is 0 Å². The predicted octanol–water partition coefficient (Wildman–Crippen LogP) is 3.35. The van der Waals surface area contributed by atoms with E-state index in [1.807, 2.05) is 0 Å². The highest BCUT2D eigenvalue weighted by atomic mass is 16.6. The largest absolute Gasteiger partial charge is 0.364 e. The topological polar surface area (TPSA) is 165 Å². The molecular formula is C19H21N7O5. The molecule has 0 aliphatic heterocycles. The molecule has 0 fully saturated rings. The Balaban J connectivity index is 1.68. The number of rotatable bonds is 9. The number of carbonyl (C=O) groups excluding carboxylic acids is 1. The number of nitro benzene ring substituents is 1. The fourth-order valence-corrected chi connectivity index (χ4v) is 3.19. The van der Waals surface area contributed by atoms with E-state index < -0.39 is 21.4 Å². The van der Waals surface area contributed by atoms with Gasteiger partial charge in [0.2, 0.25) is 11.6 Å². The molecule has 3 N–H and O–H groups in total. The van der Waals surface area contributed by atoms with Gasteiger partial charge in [0, 0.05) is 24.2 Å². The molecule has 2 aromatic rings. The lowest BCUT2D eigenvalue weighted by molar-refractivity contribution is -0.384. The summed E-state index contributed by atoms with van der Waals surface area (Å²) in [7, 11) is 0. The molecule has 1 amide bonds. The number of benzene rings is 1. The molecule has 1 aromatic carbocycles. The molecule has 0 atom stereocenters. The Morgan fingerprint density at radius 2 is 1.90 bits per heavy atom. The summed E-state index contributed by atoms with van der Waals surface area (Å²) in [5.41, 5.74) is 5.34. The van der Waals surface area contributed by atoms with E-state index in [4.69, 9.17) is 0 Å². The highest BCUT2D eigenvalue weighted by Crippen LogP contribution is 2.29. The molecular weight excluding hydrogens is 406 g/mol. The molecule has 0 radical (unpaired) electrons. The van der Waals surface area contributed by atoms with Crippen LogP contribution in [0.4, 0.5) is 23.0 Å². The summed E-state index contributed by atoms with van der Waals surface area (Å²) < 4.78 is 0. The fraction of sp³-hybridized carbons (Fsp3) is 0.316. The number of hydrogen-bond donors (Lipinski definition) is 3. The summed E-state index contributed by atoms with van der Waals surface area (Å²) >= 11 is 0. The summed E-state index contributed by atoms with van der Waals surface area (Å²) in [6, 6.07) is 5.09. The molecule has 1 aliphatic rings. The predicted molar refractivity (Wildman–Crippen MR) is 113 cm³/mol. The molecule has 0 bridgehead atoms. The number of hydrazine groups is 1. The van der Waals surface area contributed by atoms with Crippen molar-refractivity contribution in [2.24, 2.45) is 0 Å².